The molecule has 1 atom stereocenters. The van der Waals surface area contributed by atoms with Crippen molar-refractivity contribution in [2.24, 2.45) is 0 Å². The molecule has 0 saturated heterocycles. The van der Waals surface area contributed by atoms with Gasteiger partial charge in [0.2, 0.25) is 5.91 Å². The third-order valence-electron chi connectivity index (χ3n) is 3.42. The van der Waals surface area contributed by atoms with Gasteiger partial charge in [-0.25, -0.2) is 0 Å². The van der Waals surface area contributed by atoms with Gasteiger partial charge in [0, 0.05) is 0 Å². The topological polar surface area (TPSA) is 29.1 Å². The van der Waals surface area contributed by atoms with Crippen molar-refractivity contribution in [3.63, 3.8) is 0 Å². The van der Waals surface area contributed by atoms with Crippen molar-refractivity contribution in [3.8, 4) is 0 Å². The lowest BCUT2D eigenvalue weighted by Crippen LogP contribution is -2.22. The fraction of sp³-hybridized carbons (Fsp3) is 0.235. The number of para-hydroxylation sites is 1. The minimum Gasteiger partial charge on any atom is -0.325 e. The molecule has 0 aliphatic carbocycles. The van der Waals surface area contributed by atoms with Crippen LogP contribution in [0.2, 0.25) is 0 Å². The summed E-state index contributed by atoms with van der Waals surface area (Å²) in [6.07, 6.45) is -4.00. The van der Waals surface area contributed by atoms with E-state index in [9.17, 15) is 18.0 Å². The van der Waals surface area contributed by atoms with Gasteiger partial charge in [-0.1, -0.05) is 49.4 Å². The molecule has 0 heterocycles. The SMILES string of the molecule is CC[C@H](C(=O)Nc1ccccc1C(F)(F)F)c1ccccc1. The quantitative estimate of drug-likeness (QED) is 0.860. The number of anilines is 1. The van der Waals surface area contributed by atoms with Crippen LogP contribution in [0.25, 0.3) is 0 Å². The zero-order valence-corrected chi connectivity index (χ0v) is 12.0. The molecule has 0 spiro atoms. The molecule has 116 valence electrons. The molecule has 0 bridgehead atoms. The summed E-state index contributed by atoms with van der Waals surface area (Å²) in [5.74, 6) is -0.923. The van der Waals surface area contributed by atoms with Gasteiger partial charge in [0.25, 0.3) is 0 Å². The van der Waals surface area contributed by atoms with E-state index in [-0.39, 0.29) is 5.69 Å². The molecule has 0 aliphatic heterocycles. The summed E-state index contributed by atoms with van der Waals surface area (Å²) in [5, 5.41) is 2.41. The lowest BCUT2D eigenvalue weighted by molar-refractivity contribution is -0.137. The summed E-state index contributed by atoms with van der Waals surface area (Å²) in [7, 11) is 0. The molecule has 0 fully saturated rings. The zero-order valence-electron chi connectivity index (χ0n) is 12.0. The van der Waals surface area contributed by atoms with Crippen molar-refractivity contribution in [2.45, 2.75) is 25.4 Å². The summed E-state index contributed by atoms with van der Waals surface area (Å²) in [5.41, 5.74) is -0.271. The van der Waals surface area contributed by atoms with Gasteiger partial charge in [-0.3, -0.25) is 4.79 Å². The van der Waals surface area contributed by atoms with Crippen molar-refractivity contribution in [1.29, 1.82) is 0 Å². The summed E-state index contributed by atoms with van der Waals surface area (Å²) in [6, 6.07) is 14.0. The van der Waals surface area contributed by atoms with Crippen LogP contribution in [0.5, 0.6) is 0 Å². The summed E-state index contributed by atoms with van der Waals surface area (Å²) in [4.78, 5) is 12.3. The number of benzene rings is 2. The van der Waals surface area contributed by atoms with E-state index in [4.69, 9.17) is 0 Å². The van der Waals surface area contributed by atoms with Crippen molar-refractivity contribution >= 4 is 11.6 Å². The Morgan fingerprint density at radius 1 is 1.05 bits per heavy atom. The van der Waals surface area contributed by atoms with E-state index in [1.54, 1.807) is 24.3 Å². The molecule has 0 aromatic heterocycles. The molecule has 2 aromatic carbocycles. The number of halogens is 3. The van der Waals surface area contributed by atoms with E-state index in [0.717, 1.165) is 11.6 Å². The van der Waals surface area contributed by atoms with Crippen LogP contribution >= 0.6 is 0 Å². The molecule has 0 radical (unpaired) electrons. The molecule has 1 N–H and O–H groups in total. The Labute approximate surface area is 127 Å². The molecule has 22 heavy (non-hydrogen) atoms. The van der Waals surface area contributed by atoms with E-state index in [2.05, 4.69) is 5.32 Å². The lowest BCUT2D eigenvalue weighted by atomic mass is 9.95. The number of amides is 1. The van der Waals surface area contributed by atoms with E-state index in [1.807, 2.05) is 13.0 Å². The Bertz CT molecular complexity index is 638. The first-order chi connectivity index (χ1) is 10.4. The molecule has 0 saturated carbocycles. The first kappa shape index (κ1) is 16.1. The van der Waals surface area contributed by atoms with E-state index >= 15 is 0 Å². The third kappa shape index (κ3) is 3.67. The standard InChI is InChI=1S/C17H16F3NO/c1-2-13(12-8-4-3-5-9-12)16(22)21-15-11-7-6-10-14(15)17(18,19)20/h3-11,13H,2H2,1H3,(H,21,22)/t13-/m0/s1. The van der Waals surface area contributed by atoms with Gasteiger partial charge in [0.1, 0.15) is 0 Å². The second-order valence-corrected chi connectivity index (χ2v) is 4.90. The highest BCUT2D eigenvalue weighted by Crippen LogP contribution is 2.35. The van der Waals surface area contributed by atoms with Gasteiger partial charge in [-0.2, -0.15) is 13.2 Å². The maximum atomic E-state index is 13.0. The number of rotatable bonds is 4. The Hall–Kier alpha value is -2.30. The van der Waals surface area contributed by atoms with Crippen LogP contribution in [0, 0.1) is 0 Å². The minimum absolute atomic E-state index is 0.214. The highest BCUT2D eigenvalue weighted by molar-refractivity contribution is 5.96. The molecule has 2 aromatic rings. The molecule has 1 amide bonds. The van der Waals surface area contributed by atoms with Crippen molar-refractivity contribution in [2.75, 3.05) is 5.32 Å². The molecule has 5 heteroatoms. The normalized spacial score (nSPS) is 12.7. The predicted octanol–water partition coefficient (Wildman–Crippen LogP) is 4.84. The molecule has 2 rings (SSSR count). The van der Waals surface area contributed by atoms with Gasteiger partial charge in [0.15, 0.2) is 0 Å². The molecule has 2 nitrogen and oxygen atoms in total. The van der Waals surface area contributed by atoms with Crippen LogP contribution in [0.3, 0.4) is 0 Å². The van der Waals surface area contributed by atoms with E-state index in [1.165, 1.54) is 18.2 Å². The maximum Gasteiger partial charge on any atom is 0.418 e. The van der Waals surface area contributed by atoms with Gasteiger partial charge in [-0.15, -0.1) is 0 Å². The highest BCUT2D eigenvalue weighted by atomic mass is 19.4. The molecular weight excluding hydrogens is 291 g/mol. The maximum absolute atomic E-state index is 13.0. The second kappa shape index (κ2) is 6.64. The highest BCUT2D eigenvalue weighted by Gasteiger charge is 2.34. The van der Waals surface area contributed by atoms with Crippen molar-refractivity contribution in [1.82, 2.24) is 0 Å². The largest absolute Gasteiger partial charge is 0.418 e. The molecule has 0 aliphatic rings. The van der Waals surface area contributed by atoms with E-state index in [0.29, 0.717) is 6.42 Å². The van der Waals surface area contributed by atoms with E-state index < -0.39 is 23.6 Å². The van der Waals surface area contributed by atoms with Crippen LogP contribution < -0.4 is 5.32 Å². The Balaban J connectivity index is 2.25. The first-order valence-electron chi connectivity index (χ1n) is 6.95. The average molecular weight is 307 g/mol. The minimum atomic E-state index is -4.50. The number of hydrogen-bond acceptors (Lipinski definition) is 1. The molecule has 0 unspecified atom stereocenters. The second-order valence-electron chi connectivity index (χ2n) is 4.90. The van der Waals surface area contributed by atoms with Gasteiger partial charge in [0.05, 0.1) is 17.2 Å². The number of hydrogen-bond donors (Lipinski definition) is 1. The van der Waals surface area contributed by atoms with Crippen LogP contribution in [-0.2, 0) is 11.0 Å². The monoisotopic (exact) mass is 307 g/mol. The predicted molar refractivity (Wildman–Crippen MR) is 79.5 cm³/mol. The Morgan fingerprint density at radius 3 is 2.23 bits per heavy atom. The Morgan fingerprint density at radius 2 is 1.64 bits per heavy atom. The number of alkyl halides is 3. The summed E-state index contributed by atoms with van der Waals surface area (Å²) >= 11 is 0. The molecular formula is C17H16F3NO. The average Bonchev–Trinajstić information content (AvgIpc) is 2.48. The van der Waals surface area contributed by atoms with Crippen LogP contribution in [0.1, 0.15) is 30.4 Å². The smallest absolute Gasteiger partial charge is 0.325 e. The Kier molecular flexibility index (Phi) is 4.85. The van der Waals surface area contributed by atoms with Gasteiger partial charge in [-0.05, 0) is 24.1 Å². The first-order valence-corrected chi connectivity index (χ1v) is 6.95. The van der Waals surface area contributed by atoms with Crippen molar-refractivity contribution in [3.05, 3.63) is 65.7 Å². The fourth-order valence-electron chi connectivity index (χ4n) is 2.32. The number of nitrogens with one attached hydrogen (secondary N) is 1. The van der Waals surface area contributed by atoms with Crippen LogP contribution in [0.4, 0.5) is 18.9 Å². The fourth-order valence-corrected chi connectivity index (χ4v) is 2.32. The number of carbonyl (C=O) groups is 1. The summed E-state index contributed by atoms with van der Waals surface area (Å²) < 4.78 is 38.9. The summed E-state index contributed by atoms with van der Waals surface area (Å²) in [6.45, 7) is 1.83. The van der Waals surface area contributed by atoms with Crippen LogP contribution in [-0.4, -0.2) is 5.91 Å². The third-order valence-corrected chi connectivity index (χ3v) is 3.42. The lowest BCUT2D eigenvalue weighted by Gasteiger charge is -2.18. The van der Waals surface area contributed by atoms with Gasteiger partial charge < -0.3 is 5.32 Å². The zero-order chi connectivity index (χ0) is 16.2. The number of carbonyl (C=O) groups excluding carboxylic acids is 1. The van der Waals surface area contributed by atoms with Crippen LogP contribution in [0.15, 0.2) is 54.6 Å². The van der Waals surface area contributed by atoms with Gasteiger partial charge >= 0.3 is 6.18 Å². The van der Waals surface area contributed by atoms with Crippen molar-refractivity contribution < 1.29 is 18.0 Å².